The first kappa shape index (κ1) is 21.5. The zero-order chi connectivity index (χ0) is 21.5. The van der Waals surface area contributed by atoms with Crippen LogP contribution in [0.4, 0.5) is 5.69 Å². The zero-order valence-corrected chi connectivity index (χ0v) is 18.2. The van der Waals surface area contributed by atoms with Gasteiger partial charge in [-0.05, 0) is 42.3 Å². The number of nitrogens with zero attached hydrogens (tertiary/aromatic N) is 1. The number of nitrogens with one attached hydrogen (secondary N) is 1. The van der Waals surface area contributed by atoms with E-state index in [2.05, 4.69) is 21.2 Å². The van der Waals surface area contributed by atoms with Crippen LogP contribution in [-0.2, 0) is 4.79 Å². The van der Waals surface area contributed by atoms with E-state index in [0.29, 0.717) is 58.5 Å². The van der Waals surface area contributed by atoms with Crippen LogP contribution < -0.4 is 24.3 Å². The van der Waals surface area contributed by atoms with E-state index >= 15 is 0 Å². The summed E-state index contributed by atoms with van der Waals surface area (Å²) in [6.07, 6.45) is 2.35. The second-order valence-electron chi connectivity index (χ2n) is 6.36. The zero-order valence-electron chi connectivity index (χ0n) is 16.7. The van der Waals surface area contributed by atoms with E-state index in [9.17, 15) is 10.1 Å². The van der Waals surface area contributed by atoms with Crippen molar-refractivity contribution in [3.63, 3.8) is 0 Å². The van der Waals surface area contributed by atoms with Gasteiger partial charge in [0.05, 0.1) is 13.7 Å². The molecule has 0 aromatic heterocycles. The third-order valence-electron chi connectivity index (χ3n) is 4.21. The van der Waals surface area contributed by atoms with Crippen LogP contribution in [0.25, 0.3) is 6.08 Å². The summed E-state index contributed by atoms with van der Waals surface area (Å²) in [7, 11) is 1.54. The number of methoxy groups -OCH3 is 1. The number of fused-ring (bicyclic) bond motifs is 1. The minimum Gasteiger partial charge on any atom is -0.493 e. The van der Waals surface area contributed by atoms with Crippen LogP contribution in [-0.4, -0.2) is 32.8 Å². The standard InChI is InChI=1S/C22H21BrN2O5/c1-3-6-28-21-12-17(23)14(10-19(21)27-2)9-15(13-24)22(26)25-16-4-5-18-20(11-16)30-8-7-29-18/h4-5,9-12H,3,6-8H2,1-2H3,(H,25,26). The van der Waals surface area contributed by atoms with Crippen LogP contribution in [0.5, 0.6) is 23.0 Å². The van der Waals surface area contributed by atoms with Gasteiger partial charge in [-0.3, -0.25) is 4.79 Å². The summed E-state index contributed by atoms with van der Waals surface area (Å²) in [5, 5.41) is 12.2. The van der Waals surface area contributed by atoms with Gasteiger partial charge < -0.3 is 24.3 Å². The Morgan fingerprint density at radius 3 is 2.70 bits per heavy atom. The summed E-state index contributed by atoms with van der Waals surface area (Å²) in [6, 6.07) is 10.5. The van der Waals surface area contributed by atoms with Crippen LogP contribution in [0.3, 0.4) is 0 Å². The molecule has 3 rings (SSSR count). The molecule has 0 aliphatic carbocycles. The summed E-state index contributed by atoms with van der Waals surface area (Å²) in [4.78, 5) is 12.6. The molecule has 0 atom stereocenters. The molecular formula is C22H21BrN2O5. The summed E-state index contributed by atoms with van der Waals surface area (Å²) >= 11 is 3.47. The third kappa shape index (κ3) is 5.05. The number of benzene rings is 2. The number of hydrogen-bond acceptors (Lipinski definition) is 6. The summed E-state index contributed by atoms with van der Waals surface area (Å²) < 4.78 is 22.7. The Kier molecular flexibility index (Phi) is 7.20. The maximum atomic E-state index is 12.6. The number of carbonyl (C=O) groups excluding carboxylic acids is 1. The number of ether oxygens (including phenoxy) is 4. The first-order chi connectivity index (χ1) is 14.5. The molecule has 0 saturated heterocycles. The molecule has 1 heterocycles. The van der Waals surface area contributed by atoms with Crippen LogP contribution in [0.1, 0.15) is 18.9 Å². The fraction of sp³-hybridized carbons (Fsp3) is 0.273. The maximum absolute atomic E-state index is 12.6. The number of nitriles is 1. The van der Waals surface area contributed by atoms with Gasteiger partial charge in [-0.2, -0.15) is 5.26 Å². The molecular weight excluding hydrogens is 452 g/mol. The second-order valence-corrected chi connectivity index (χ2v) is 7.21. The Labute approximate surface area is 183 Å². The highest BCUT2D eigenvalue weighted by atomic mass is 79.9. The van der Waals surface area contributed by atoms with Gasteiger partial charge in [0.15, 0.2) is 23.0 Å². The lowest BCUT2D eigenvalue weighted by Gasteiger charge is -2.19. The van der Waals surface area contributed by atoms with E-state index < -0.39 is 5.91 Å². The Balaban J connectivity index is 1.82. The smallest absolute Gasteiger partial charge is 0.266 e. The first-order valence-electron chi connectivity index (χ1n) is 9.38. The molecule has 0 bridgehead atoms. The SMILES string of the molecule is CCCOc1cc(Br)c(C=C(C#N)C(=O)Nc2ccc3c(c2)OCCO3)cc1OC. The molecule has 0 spiro atoms. The van der Waals surface area contributed by atoms with Crippen molar-refractivity contribution in [2.45, 2.75) is 13.3 Å². The van der Waals surface area contributed by atoms with Crippen molar-refractivity contribution >= 4 is 33.6 Å². The Hall–Kier alpha value is -3.18. The van der Waals surface area contributed by atoms with Crippen LogP contribution in [0, 0.1) is 11.3 Å². The molecule has 2 aromatic rings. The number of anilines is 1. The molecule has 1 N–H and O–H groups in total. The molecule has 7 nitrogen and oxygen atoms in total. The van der Waals surface area contributed by atoms with Crippen molar-refractivity contribution in [2.75, 3.05) is 32.2 Å². The minimum atomic E-state index is -0.536. The quantitative estimate of drug-likeness (QED) is 0.469. The number of halogens is 1. The van der Waals surface area contributed by atoms with Gasteiger partial charge in [-0.25, -0.2) is 0 Å². The van der Waals surface area contributed by atoms with E-state index in [1.165, 1.54) is 13.2 Å². The van der Waals surface area contributed by atoms with Gasteiger partial charge in [0.25, 0.3) is 5.91 Å². The van der Waals surface area contributed by atoms with E-state index in [0.717, 1.165) is 6.42 Å². The lowest BCUT2D eigenvalue weighted by atomic mass is 10.1. The van der Waals surface area contributed by atoms with Gasteiger partial charge in [0.1, 0.15) is 24.9 Å². The molecule has 1 aliphatic rings. The summed E-state index contributed by atoms with van der Waals surface area (Å²) in [5.74, 6) is 1.74. The predicted molar refractivity (Wildman–Crippen MR) is 116 cm³/mol. The number of amides is 1. The Morgan fingerprint density at radius 2 is 2.00 bits per heavy atom. The van der Waals surface area contributed by atoms with Gasteiger partial charge in [0.2, 0.25) is 0 Å². The third-order valence-corrected chi connectivity index (χ3v) is 4.90. The van der Waals surface area contributed by atoms with Crippen molar-refractivity contribution < 1.29 is 23.7 Å². The highest BCUT2D eigenvalue weighted by Crippen LogP contribution is 2.35. The highest BCUT2D eigenvalue weighted by Gasteiger charge is 2.16. The van der Waals surface area contributed by atoms with E-state index in [1.54, 1.807) is 30.3 Å². The maximum Gasteiger partial charge on any atom is 0.266 e. The molecule has 0 fully saturated rings. The number of hydrogen-bond donors (Lipinski definition) is 1. The molecule has 1 amide bonds. The average Bonchev–Trinajstić information content (AvgIpc) is 2.76. The predicted octanol–water partition coefficient (Wildman–Crippen LogP) is 4.56. The number of carbonyl (C=O) groups is 1. The molecule has 30 heavy (non-hydrogen) atoms. The number of rotatable bonds is 7. The van der Waals surface area contributed by atoms with E-state index in [4.69, 9.17) is 18.9 Å². The normalized spacial score (nSPS) is 12.7. The van der Waals surface area contributed by atoms with Crippen molar-refractivity contribution in [3.8, 4) is 29.1 Å². The lowest BCUT2D eigenvalue weighted by molar-refractivity contribution is -0.112. The molecule has 2 aromatic carbocycles. The minimum absolute atomic E-state index is 0.0603. The largest absolute Gasteiger partial charge is 0.493 e. The van der Waals surface area contributed by atoms with Crippen LogP contribution in [0.2, 0.25) is 0 Å². The summed E-state index contributed by atoms with van der Waals surface area (Å²) in [5.41, 5.74) is 1.06. The molecule has 1 aliphatic heterocycles. The fourth-order valence-electron chi connectivity index (χ4n) is 2.77. The van der Waals surface area contributed by atoms with E-state index in [-0.39, 0.29) is 5.57 Å². The molecule has 156 valence electrons. The highest BCUT2D eigenvalue weighted by molar-refractivity contribution is 9.10. The van der Waals surface area contributed by atoms with Crippen LogP contribution in [0.15, 0.2) is 40.4 Å². The van der Waals surface area contributed by atoms with Crippen molar-refractivity contribution in [3.05, 3.63) is 45.9 Å². The average molecular weight is 473 g/mol. The monoisotopic (exact) mass is 472 g/mol. The van der Waals surface area contributed by atoms with Gasteiger partial charge in [-0.1, -0.05) is 22.9 Å². The fourth-order valence-corrected chi connectivity index (χ4v) is 3.21. The topological polar surface area (TPSA) is 89.8 Å². The van der Waals surface area contributed by atoms with Crippen molar-refractivity contribution in [2.24, 2.45) is 0 Å². The molecule has 0 saturated carbocycles. The van der Waals surface area contributed by atoms with Crippen molar-refractivity contribution in [1.29, 1.82) is 5.26 Å². The summed E-state index contributed by atoms with van der Waals surface area (Å²) in [6.45, 7) is 3.50. The van der Waals surface area contributed by atoms with Gasteiger partial charge in [0, 0.05) is 16.2 Å². The first-order valence-corrected chi connectivity index (χ1v) is 10.2. The molecule has 0 radical (unpaired) electrons. The Morgan fingerprint density at radius 1 is 1.23 bits per heavy atom. The molecule has 0 unspecified atom stereocenters. The lowest BCUT2D eigenvalue weighted by Crippen LogP contribution is -2.17. The van der Waals surface area contributed by atoms with Crippen LogP contribution >= 0.6 is 15.9 Å². The Bertz CT molecular complexity index is 1010. The van der Waals surface area contributed by atoms with E-state index in [1.807, 2.05) is 13.0 Å². The second kappa shape index (κ2) is 10.0. The molecule has 8 heteroatoms. The van der Waals surface area contributed by atoms with Crippen molar-refractivity contribution in [1.82, 2.24) is 0 Å². The van der Waals surface area contributed by atoms with Gasteiger partial charge in [-0.15, -0.1) is 0 Å². The van der Waals surface area contributed by atoms with Gasteiger partial charge >= 0.3 is 0 Å².